The highest BCUT2D eigenvalue weighted by molar-refractivity contribution is 5.53. The highest BCUT2D eigenvalue weighted by Crippen LogP contribution is 2.55. The SMILES string of the molecule is CC12OC3(CCCC3)OC1C(=C=O)OC2n1ccc(=O)[nH]c1=O. The molecule has 3 atom stereocenters. The zero-order chi connectivity index (χ0) is 16.2. The topological polar surface area (TPSA) is 99.6 Å². The summed E-state index contributed by atoms with van der Waals surface area (Å²) in [7, 11) is 0. The lowest BCUT2D eigenvalue weighted by atomic mass is 9.99. The minimum atomic E-state index is -1.04. The van der Waals surface area contributed by atoms with Gasteiger partial charge in [0.15, 0.2) is 23.4 Å². The molecule has 4 rings (SSSR count). The minimum Gasteiger partial charge on any atom is -0.457 e. The van der Waals surface area contributed by atoms with Crippen molar-refractivity contribution in [2.45, 2.75) is 56.3 Å². The van der Waals surface area contributed by atoms with Crippen molar-refractivity contribution in [2.75, 3.05) is 0 Å². The first kappa shape index (κ1) is 14.4. The van der Waals surface area contributed by atoms with Crippen LogP contribution in [-0.2, 0) is 19.0 Å². The monoisotopic (exact) mass is 320 g/mol. The zero-order valence-corrected chi connectivity index (χ0v) is 12.5. The van der Waals surface area contributed by atoms with Crippen LogP contribution in [-0.4, -0.2) is 33.0 Å². The summed E-state index contributed by atoms with van der Waals surface area (Å²) in [5, 5.41) is 0. The number of fused-ring (bicyclic) bond motifs is 1. The molecule has 1 N–H and O–H groups in total. The standard InChI is InChI=1S/C15H16N2O6/c1-14-11(22-15(23-14)5-2-3-6-15)9(8-18)21-12(14)17-7-4-10(19)16-13(17)20/h4,7,11-12H,2-3,5-6H2,1H3,(H,16,19,20). The van der Waals surface area contributed by atoms with Crippen molar-refractivity contribution >= 4 is 5.94 Å². The molecular weight excluding hydrogens is 304 g/mol. The van der Waals surface area contributed by atoms with E-state index < -0.39 is 35.0 Å². The maximum atomic E-state index is 12.1. The largest absolute Gasteiger partial charge is 0.457 e. The molecule has 0 bridgehead atoms. The Morgan fingerprint density at radius 1 is 1.35 bits per heavy atom. The molecule has 3 unspecified atom stereocenters. The van der Waals surface area contributed by atoms with Crippen molar-refractivity contribution in [1.82, 2.24) is 9.55 Å². The molecule has 1 aliphatic carbocycles. The molecule has 3 aliphatic rings. The van der Waals surface area contributed by atoms with Crippen molar-refractivity contribution in [3.8, 4) is 0 Å². The Bertz CT molecular complexity index is 814. The maximum absolute atomic E-state index is 12.1. The number of aromatic nitrogens is 2. The molecule has 3 heterocycles. The molecule has 0 aromatic carbocycles. The van der Waals surface area contributed by atoms with Gasteiger partial charge in [0.25, 0.3) is 5.56 Å². The van der Waals surface area contributed by atoms with Gasteiger partial charge in [0.05, 0.1) is 0 Å². The number of H-pyrrole nitrogens is 1. The normalized spacial score (nSPS) is 34.4. The molecule has 2 aliphatic heterocycles. The van der Waals surface area contributed by atoms with E-state index in [9.17, 15) is 14.4 Å². The van der Waals surface area contributed by atoms with Crippen molar-refractivity contribution < 1.29 is 19.0 Å². The molecule has 3 fully saturated rings. The zero-order valence-electron chi connectivity index (χ0n) is 12.5. The van der Waals surface area contributed by atoms with Crippen LogP contribution >= 0.6 is 0 Å². The second kappa shape index (κ2) is 4.67. The van der Waals surface area contributed by atoms with Gasteiger partial charge in [0.2, 0.25) is 12.0 Å². The Balaban J connectivity index is 1.81. The molecule has 23 heavy (non-hydrogen) atoms. The van der Waals surface area contributed by atoms with Crippen LogP contribution in [0.1, 0.15) is 38.8 Å². The van der Waals surface area contributed by atoms with Gasteiger partial charge in [-0.25, -0.2) is 9.59 Å². The summed E-state index contributed by atoms with van der Waals surface area (Å²) < 4.78 is 19.0. The van der Waals surface area contributed by atoms with Gasteiger partial charge in [-0.05, 0) is 19.8 Å². The Labute approximate surface area is 130 Å². The highest BCUT2D eigenvalue weighted by atomic mass is 16.8. The first-order valence-corrected chi connectivity index (χ1v) is 7.59. The Morgan fingerprint density at radius 2 is 2.09 bits per heavy atom. The van der Waals surface area contributed by atoms with Crippen molar-refractivity contribution in [1.29, 1.82) is 0 Å². The van der Waals surface area contributed by atoms with Gasteiger partial charge >= 0.3 is 5.69 Å². The summed E-state index contributed by atoms with van der Waals surface area (Å²) in [6.07, 6.45) is 3.12. The average molecular weight is 320 g/mol. The fourth-order valence-electron chi connectivity index (χ4n) is 3.76. The van der Waals surface area contributed by atoms with Gasteiger partial charge in [-0.3, -0.25) is 14.3 Å². The highest BCUT2D eigenvalue weighted by Gasteiger charge is 2.66. The molecule has 1 aromatic rings. The van der Waals surface area contributed by atoms with Gasteiger partial charge in [0, 0.05) is 25.1 Å². The van der Waals surface area contributed by atoms with Gasteiger partial charge in [0.1, 0.15) is 0 Å². The average Bonchev–Trinajstić information content (AvgIpc) is 3.13. The Morgan fingerprint density at radius 3 is 2.74 bits per heavy atom. The lowest BCUT2D eigenvalue weighted by molar-refractivity contribution is -0.214. The molecule has 0 radical (unpaired) electrons. The Hall–Kier alpha value is -2.15. The van der Waals surface area contributed by atoms with Crippen LogP contribution in [0, 0.1) is 0 Å². The summed E-state index contributed by atoms with van der Waals surface area (Å²) >= 11 is 0. The minimum absolute atomic E-state index is 0.0145. The van der Waals surface area contributed by atoms with E-state index in [0.717, 1.165) is 25.7 Å². The number of ether oxygens (including phenoxy) is 3. The van der Waals surface area contributed by atoms with Crippen LogP contribution < -0.4 is 11.2 Å². The summed E-state index contributed by atoms with van der Waals surface area (Å²) in [6.45, 7) is 1.75. The quantitative estimate of drug-likeness (QED) is 0.743. The van der Waals surface area contributed by atoms with E-state index >= 15 is 0 Å². The molecule has 8 heteroatoms. The van der Waals surface area contributed by atoms with E-state index in [0.29, 0.717) is 0 Å². The third-order valence-corrected chi connectivity index (χ3v) is 4.80. The van der Waals surface area contributed by atoms with Crippen molar-refractivity contribution in [3.63, 3.8) is 0 Å². The molecular formula is C15H16N2O6. The number of hydrogen-bond donors (Lipinski definition) is 1. The molecule has 8 nitrogen and oxygen atoms in total. The van der Waals surface area contributed by atoms with Crippen molar-refractivity contribution in [3.05, 3.63) is 38.9 Å². The maximum Gasteiger partial charge on any atom is 0.331 e. The molecule has 0 amide bonds. The van der Waals surface area contributed by atoms with E-state index in [2.05, 4.69) is 4.98 Å². The summed E-state index contributed by atoms with van der Waals surface area (Å²) in [5.41, 5.74) is -2.18. The van der Waals surface area contributed by atoms with Gasteiger partial charge < -0.3 is 14.2 Å². The van der Waals surface area contributed by atoms with Crippen LogP contribution in [0.4, 0.5) is 0 Å². The second-order valence-electron chi connectivity index (χ2n) is 6.36. The van der Waals surface area contributed by atoms with Crippen LogP contribution in [0.15, 0.2) is 27.6 Å². The van der Waals surface area contributed by atoms with Crippen LogP contribution in [0.5, 0.6) is 0 Å². The predicted molar refractivity (Wildman–Crippen MR) is 76.2 cm³/mol. The van der Waals surface area contributed by atoms with E-state index in [-0.39, 0.29) is 5.76 Å². The van der Waals surface area contributed by atoms with E-state index in [4.69, 9.17) is 14.2 Å². The summed E-state index contributed by atoms with van der Waals surface area (Å²) in [4.78, 5) is 36.8. The number of hydrogen-bond acceptors (Lipinski definition) is 6. The van der Waals surface area contributed by atoms with E-state index in [1.165, 1.54) is 16.8 Å². The van der Waals surface area contributed by atoms with E-state index in [1.54, 1.807) is 12.9 Å². The number of rotatable bonds is 1. The third-order valence-electron chi connectivity index (χ3n) is 4.80. The van der Waals surface area contributed by atoms with Crippen LogP contribution in [0.2, 0.25) is 0 Å². The lowest BCUT2D eigenvalue weighted by Gasteiger charge is -2.30. The van der Waals surface area contributed by atoms with Crippen molar-refractivity contribution in [2.24, 2.45) is 0 Å². The summed E-state index contributed by atoms with van der Waals surface area (Å²) in [5.74, 6) is 0.994. The molecule has 2 saturated heterocycles. The smallest absolute Gasteiger partial charge is 0.331 e. The predicted octanol–water partition coefficient (Wildman–Crippen LogP) is 0.225. The van der Waals surface area contributed by atoms with Crippen LogP contribution in [0.25, 0.3) is 0 Å². The molecule has 1 aromatic heterocycles. The second-order valence-corrected chi connectivity index (χ2v) is 6.36. The fraction of sp³-hybridized carbons (Fsp3) is 0.600. The van der Waals surface area contributed by atoms with Gasteiger partial charge in [-0.2, -0.15) is 0 Å². The fourth-order valence-corrected chi connectivity index (χ4v) is 3.76. The van der Waals surface area contributed by atoms with Gasteiger partial charge in [-0.15, -0.1) is 0 Å². The van der Waals surface area contributed by atoms with Gasteiger partial charge in [-0.1, -0.05) is 0 Å². The first-order chi connectivity index (χ1) is 11.0. The van der Waals surface area contributed by atoms with Crippen LogP contribution in [0.3, 0.4) is 0 Å². The van der Waals surface area contributed by atoms with E-state index in [1.807, 2.05) is 0 Å². The lowest BCUT2D eigenvalue weighted by Crippen LogP contribution is -2.45. The number of carbonyl (C=O) groups excluding carboxylic acids is 1. The number of nitrogens with zero attached hydrogens (tertiary/aromatic N) is 1. The molecule has 1 saturated carbocycles. The number of nitrogens with one attached hydrogen (secondary N) is 1. The number of aromatic amines is 1. The summed E-state index contributed by atoms with van der Waals surface area (Å²) in [6, 6.07) is 1.22. The Kier molecular flexibility index (Phi) is 2.93. The first-order valence-electron chi connectivity index (χ1n) is 7.59. The molecule has 122 valence electrons. The third kappa shape index (κ3) is 1.96. The molecule has 1 spiro atoms.